The lowest BCUT2D eigenvalue weighted by molar-refractivity contribution is -0.130. The first-order chi connectivity index (χ1) is 15.5. The van der Waals surface area contributed by atoms with Crippen molar-refractivity contribution in [2.24, 2.45) is 5.92 Å². The molecule has 3 aromatic rings. The molecule has 1 fully saturated rings. The molecule has 3 aromatic heterocycles. The summed E-state index contributed by atoms with van der Waals surface area (Å²) in [6.45, 7) is 9.98. The number of aryl methyl sites for hydroxylation is 1. The Bertz CT molecular complexity index is 1100. The quantitative estimate of drug-likeness (QED) is 0.511. The van der Waals surface area contributed by atoms with E-state index in [0.29, 0.717) is 12.3 Å². The summed E-state index contributed by atoms with van der Waals surface area (Å²) in [5.74, 6) is 3.42. The summed E-state index contributed by atoms with van der Waals surface area (Å²) in [6.07, 6.45) is 5.10. The second kappa shape index (κ2) is 9.10. The number of amides is 1. The third-order valence-electron chi connectivity index (χ3n) is 7.04. The van der Waals surface area contributed by atoms with E-state index < -0.39 is 0 Å². The molecular formula is C25H32N4OS2. The van der Waals surface area contributed by atoms with Gasteiger partial charge >= 0.3 is 0 Å². The largest absolute Gasteiger partial charge is 0.352 e. The van der Waals surface area contributed by atoms with E-state index in [1.54, 1.807) is 11.3 Å². The van der Waals surface area contributed by atoms with Crippen LogP contribution in [0.1, 0.15) is 60.7 Å². The fourth-order valence-electron chi connectivity index (χ4n) is 4.81. The molecule has 0 radical (unpaired) electrons. The van der Waals surface area contributed by atoms with Crippen molar-refractivity contribution in [2.45, 2.75) is 58.8 Å². The van der Waals surface area contributed by atoms with Crippen LogP contribution in [-0.4, -0.2) is 47.0 Å². The zero-order valence-corrected chi connectivity index (χ0v) is 20.9. The highest BCUT2D eigenvalue weighted by atomic mass is 32.1. The number of carbonyl (C=O) groups excluding carboxylic acids is 1. The predicted molar refractivity (Wildman–Crippen MR) is 134 cm³/mol. The van der Waals surface area contributed by atoms with Gasteiger partial charge in [0.2, 0.25) is 5.91 Å². The fraction of sp³-hybridized carbons (Fsp3) is 0.560. The van der Waals surface area contributed by atoms with E-state index in [1.165, 1.54) is 33.5 Å². The second-order valence-corrected chi connectivity index (χ2v) is 11.5. The highest BCUT2D eigenvalue weighted by molar-refractivity contribution is 7.19. The first kappa shape index (κ1) is 21.8. The molecule has 0 spiro atoms. The van der Waals surface area contributed by atoms with E-state index in [4.69, 9.17) is 9.97 Å². The second-order valence-electron chi connectivity index (χ2n) is 9.37. The third-order valence-corrected chi connectivity index (χ3v) is 9.07. The van der Waals surface area contributed by atoms with E-state index in [0.717, 1.165) is 61.5 Å². The third kappa shape index (κ3) is 4.17. The lowest BCUT2D eigenvalue weighted by Gasteiger charge is -2.36. The maximum Gasteiger partial charge on any atom is 0.227 e. The minimum absolute atomic E-state index is 0.238. The van der Waals surface area contributed by atoms with Crippen LogP contribution in [0.2, 0.25) is 0 Å². The van der Waals surface area contributed by atoms with Gasteiger partial charge in [-0.1, -0.05) is 26.8 Å². The number of aromatic nitrogens is 2. The summed E-state index contributed by atoms with van der Waals surface area (Å²) in [5.41, 5.74) is 1.49. The van der Waals surface area contributed by atoms with E-state index >= 15 is 0 Å². The molecule has 4 heterocycles. The summed E-state index contributed by atoms with van der Waals surface area (Å²) >= 11 is 3.55. The zero-order chi connectivity index (χ0) is 22.2. The van der Waals surface area contributed by atoms with Crippen molar-refractivity contribution in [3.8, 4) is 0 Å². The molecule has 5 nitrogen and oxygen atoms in total. The molecule has 170 valence electrons. The van der Waals surface area contributed by atoms with Gasteiger partial charge in [-0.15, -0.1) is 22.7 Å². The van der Waals surface area contributed by atoms with Crippen LogP contribution < -0.4 is 4.90 Å². The first-order valence-electron chi connectivity index (χ1n) is 11.9. The normalized spacial score (nSPS) is 19.9. The van der Waals surface area contributed by atoms with Gasteiger partial charge in [0.25, 0.3) is 0 Å². The van der Waals surface area contributed by atoms with Crippen molar-refractivity contribution < 1.29 is 4.79 Å². The maximum atomic E-state index is 12.8. The molecule has 2 atom stereocenters. The molecule has 7 heteroatoms. The van der Waals surface area contributed by atoms with E-state index in [-0.39, 0.29) is 5.91 Å². The molecule has 32 heavy (non-hydrogen) atoms. The molecule has 2 unspecified atom stereocenters. The molecule has 0 aromatic carbocycles. The number of piperazine rings is 1. The summed E-state index contributed by atoms with van der Waals surface area (Å²) in [7, 11) is 0. The molecule has 1 aliphatic heterocycles. The van der Waals surface area contributed by atoms with Crippen LogP contribution >= 0.6 is 22.7 Å². The molecule has 1 saturated heterocycles. The lowest BCUT2D eigenvalue weighted by atomic mass is 9.89. The Labute approximate surface area is 198 Å². The van der Waals surface area contributed by atoms with Gasteiger partial charge in [0.1, 0.15) is 16.5 Å². The highest BCUT2D eigenvalue weighted by Gasteiger charge is 2.29. The molecule has 1 amide bonds. The Kier molecular flexibility index (Phi) is 6.21. The lowest BCUT2D eigenvalue weighted by Crippen LogP contribution is -2.49. The average Bonchev–Trinajstić information content (AvgIpc) is 3.44. The molecule has 1 aliphatic carbocycles. The average molecular weight is 469 g/mol. The van der Waals surface area contributed by atoms with Gasteiger partial charge in [-0.05, 0) is 48.6 Å². The molecular weight excluding hydrogens is 436 g/mol. The van der Waals surface area contributed by atoms with Gasteiger partial charge in [-0.25, -0.2) is 9.97 Å². The minimum atomic E-state index is 0.238. The fourth-order valence-corrected chi connectivity index (χ4v) is 6.89. The van der Waals surface area contributed by atoms with Gasteiger partial charge in [0.15, 0.2) is 0 Å². The van der Waals surface area contributed by atoms with Crippen molar-refractivity contribution >= 4 is 44.6 Å². The number of hydrogen-bond acceptors (Lipinski definition) is 6. The van der Waals surface area contributed by atoms with Gasteiger partial charge < -0.3 is 9.80 Å². The SMILES string of the molecule is CCC(C)c1nc(N2CCN(C(=O)Cc3cccs3)CC2)c2c3c(sc2n1)CC(C)CC3. The Morgan fingerprint density at radius 3 is 2.78 bits per heavy atom. The van der Waals surface area contributed by atoms with Gasteiger partial charge in [0, 0.05) is 41.9 Å². The number of carbonyl (C=O) groups is 1. The van der Waals surface area contributed by atoms with Gasteiger partial charge in [-0.3, -0.25) is 4.79 Å². The number of rotatable bonds is 5. The number of nitrogens with zero attached hydrogens (tertiary/aromatic N) is 4. The number of anilines is 1. The van der Waals surface area contributed by atoms with E-state index in [2.05, 4.69) is 25.7 Å². The number of fused-ring (bicyclic) bond motifs is 3. The molecule has 0 saturated carbocycles. The van der Waals surface area contributed by atoms with Crippen molar-refractivity contribution in [1.82, 2.24) is 14.9 Å². The Morgan fingerprint density at radius 1 is 1.25 bits per heavy atom. The standard InChI is InChI=1S/C25H32N4OS2/c1-4-17(3)23-26-24(22-19-8-7-16(2)14-20(19)32-25(22)27-23)29-11-9-28(10-12-29)21(30)15-18-6-5-13-31-18/h5-6,13,16-17H,4,7-12,14-15H2,1-3H3. The van der Waals surface area contributed by atoms with Crippen LogP contribution in [0.15, 0.2) is 17.5 Å². The Balaban J connectivity index is 1.42. The summed E-state index contributed by atoms with van der Waals surface area (Å²) in [6, 6.07) is 4.07. The van der Waals surface area contributed by atoms with Crippen molar-refractivity contribution in [1.29, 1.82) is 0 Å². The molecule has 0 bridgehead atoms. The molecule has 2 aliphatic rings. The van der Waals surface area contributed by atoms with Crippen LogP contribution in [0.4, 0.5) is 5.82 Å². The number of hydrogen-bond donors (Lipinski definition) is 0. The van der Waals surface area contributed by atoms with Crippen molar-refractivity contribution in [2.75, 3.05) is 31.1 Å². The molecule has 5 rings (SSSR count). The van der Waals surface area contributed by atoms with Crippen LogP contribution in [-0.2, 0) is 24.1 Å². The highest BCUT2D eigenvalue weighted by Crippen LogP contribution is 2.41. The van der Waals surface area contributed by atoms with Crippen molar-refractivity contribution in [3.05, 3.63) is 38.7 Å². The predicted octanol–water partition coefficient (Wildman–Crippen LogP) is 5.28. The van der Waals surface area contributed by atoms with Gasteiger partial charge in [-0.2, -0.15) is 0 Å². The van der Waals surface area contributed by atoms with Crippen LogP contribution in [0.5, 0.6) is 0 Å². The van der Waals surface area contributed by atoms with E-state index in [9.17, 15) is 4.79 Å². The zero-order valence-electron chi connectivity index (χ0n) is 19.3. The summed E-state index contributed by atoms with van der Waals surface area (Å²) in [4.78, 5) is 31.2. The Morgan fingerprint density at radius 2 is 2.06 bits per heavy atom. The van der Waals surface area contributed by atoms with Crippen LogP contribution in [0.3, 0.4) is 0 Å². The van der Waals surface area contributed by atoms with Crippen molar-refractivity contribution in [3.63, 3.8) is 0 Å². The summed E-state index contributed by atoms with van der Waals surface area (Å²) in [5, 5.41) is 3.33. The Hall–Kier alpha value is -1.99. The first-order valence-corrected chi connectivity index (χ1v) is 13.6. The monoisotopic (exact) mass is 468 g/mol. The minimum Gasteiger partial charge on any atom is -0.352 e. The maximum absolute atomic E-state index is 12.8. The van der Waals surface area contributed by atoms with Crippen LogP contribution in [0, 0.1) is 5.92 Å². The smallest absolute Gasteiger partial charge is 0.227 e. The molecule has 0 N–H and O–H groups in total. The topological polar surface area (TPSA) is 49.3 Å². The number of thiophene rings is 2. The van der Waals surface area contributed by atoms with Crippen LogP contribution in [0.25, 0.3) is 10.2 Å². The van der Waals surface area contributed by atoms with Gasteiger partial charge in [0.05, 0.1) is 11.8 Å². The van der Waals surface area contributed by atoms with E-state index in [1.807, 2.05) is 33.7 Å². The summed E-state index contributed by atoms with van der Waals surface area (Å²) < 4.78 is 0.